The van der Waals surface area contributed by atoms with Gasteiger partial charge < -0.3 is 10.8 Å². The van der Waals surface area contributed by atoms with Gasteiger partial charge in [0.05, 0.1) is 5.02 Å². The van der Waals surface area contributed by atoms with Gasteiger partial charge >= 0.3 is 0 Å². The van der Waals surface area contributed by atoms with Crippen molar-refractivity contribution in [1.82, 2.24) is 4.72 Å². The third-order valence-corrected chi connectivity index (χ3v) is 4.32. The molecule has 1 rings (SSSR count). The van der Waals surface area contributed by atoms with E-state index >= 15 is 0 Å². The van der Waals surface area contributed by atoms with Gasteiger partial charge in [-0.1, -0.05) is 11.6 Å². The molecule has 0 saturated heterocycles. The Labute approximate surface area is 116 Å². The molecule has 0 aliphatic rings. The third kappa shape index (κ3) is 4.31. The molecule has 0 radical (unpaired) electrons. The number of nitrogens with two attached hydrogens (primary N) is 1. The highest BCUT2D eigenvalue weighted by molar-refractivity contribution is 7.89. The van der Waals surface area contributed by atoms with Crippen molar-refractivity contribution in [2.45, 2.75) is 30.7 Å². The van der Waals surface area contributed by atoms with Gasteiger partial charge in [-0.05, 0) is 31.9 Å². The van der Waals surface area contributed by atoms with Crippen LogP contribution in [0.4, 0.5) is 10.1 Å². The predicted molar refractivity (Wildman–Crippen MR) is 71.9 cm³/mol. The fourth-order valence-corrected chi connectivity index (χ4v) is 3.26. The molecule has 5 nitrogen and oxygen atoms in total. The molecule has 0 heterocycles. The van der Waals surface area contributed by atoms with E-state index in [2.05, 4.69) is 4.72 Å². The van der Waals surface area contributed by atoms with Gasteiger partial charge in [0.2, 0.25) is 10.0 Å². The number of nitrogen functional groups attached to an aromatic ring is 1. The summed E-state index contributed by atoms with van der Waals surface area (Å²) >= 11 is 5.57. The Hall–Kier alpha value is -0.890. The summed E-state index contributed by atoms with van der Waals surface area (Å²) in [6.45, 7) is 1.59. The van der Waals surface area contributed by atoms with E-state index in [9.17, 15) is 12.8 Å². The molecule has 1 aromatic carbocycles. The number of benzene rings is 1. The van der Waals surface area contributed by atoms with Crippen molar-refractivity contribution < 1.29 is 17.9 Å². The molecule has 8 heteroatoms. The van der Waals surface area contributed by atoms with Gasteiger partial charge in [-0.15, -0.1) is 0 Å². The zero-order valence-corrected chi connectivity index (χ0v) is 11.9. The average Bonchev–Trinajstić information content (AvgIpc) is 2.30. The minimum atomic E-state index is -4.04. The van der Waals surface area contributed by atoms with Gasteiger partial charge in [-0.3, -0.25) is 0 Å². The van der Waals surface area contributed by atoms with E-state index in [0.29, 0.717) is 12.8 Å². The van der Waals surface area contributed by atoms with Crippen LogP contribution in [0.15, 0.2) is 17.0 Å². The molecular weight excluding hydrogens is 295 g/mol. The van der Waals surface area contributed by atoms with E-state index in [4.69, 9.17) is 22.4 Å². The van der Waals surface area contributed by atoms with Gasteiger partial charge in [0, 0.05) is 18.3 Å². The summed E-state index contributed by atoms with van der Waals surface area (Å²) in [5, 5.41) is 8.33. The Morgan fingerprint density at radius 3 is 2.74 bits per heavy atom. The van der Waals surface area contributed by atoms with Crippen LogP contribution in [0.5, 0.6) is 0 Å². The highest BCUT2D eigenvalue weighted by Gasteiger charge is 2.23. The summed E-state index contributed by atoms with van der Waals surface area (Å²) in [4.78, 5) is -0.576. The van der Waals surface area contributed by atoms with Crippen molar-refractivity contribution >= 4 is 27.3 Å². The van der Waals surface area contributed by atoms with Crippen LogP contribution in [0, 0.1) is 5.82 Å². The van der Waals surface area contributed by atoms with E-state index in [1.807, 2.05) is 0 Å². The van der Waals surface area contributed by atoms with Crippen LogP contribution in [0.25, 0.3) is 0 Å². The van der Waals surface area contributed by atoms with Crippen molar-refractivity contribution in [3.05, 3.63) is 23.0 Å². The molecule has 1 atom stereocenters. The number of halogens is 2. The van der Waals surface area contributed by atoms with Crippen LogP contribution in [0.2, 0.25) is 5.02 Å². The van der Waals surface area contributed by atoms with Crippen molar-refractivity contribution in [2.24, 2.45) is 0 Å². The Balaban J connectivity index is 3.01. The zero-order valence-electron chi connectivity index (χ0n) is 10.4. The summed E-state index contributed by atoms with van der Waals surface area (Å²) in [6.07, 6.45) is 0.886. The van der Waals surface area contributed by atoms with E-state index in [0.717, 1.165) is 12.1 Å². The molecular formula is C11H16ClFN2O3S. The fraction of sp³-hybridized carbons (Fsp3) is 0.455. The Morgan fingerprint density at radius 2 is 2.16 bits per heavy atom. The molecule has 0 amide bonds. The molecule has 0 aliphatic heterocycles. The first-order valence-corrected chi connectivity index (χ1v) is 7.51. The van der Waals surface area contributed by atoms with Gasteiger partial charge in [0.25, 0.3) is 0 Å². The maximum Gasteiger partial charge on any atom is 0.243 e. The SMILES string of the molecule is CC(CCCO)NS(=O)(=O)c1cc(N)cc(Cl)c1F. The minimum absolute atomic E-state index is 0.0372. The number of nitrogens with one attached hydrogen (secondary N) is 1. The summed E-state index contributed by atoms with van der Waals surface area (Å²) in [6, 6.07) is 1.73. The molecule has 1 unspecified atom stereocenters. The first kappa shape index (κ1) is 16.2. The number of hydrogen-bond acceptors (Lipinski definition) is 4. The predicted octanol–water partition coefficient (Wildman–Crippen LogP) is 1.50. The van der Waals surface area contributed by atoms with Crippen LogP contribution in [0.1, 0.15) is 19.8 Å². The lowest BCUT2D eigenvalue weighted by atomic mass is 10.2. The van der Waals surface area contributed by atoms with Crippen LogP contribution < -0.4 is 10.5 Å². The van der Waals surface area contributed by atoms with Gasteiger partial charge in [0.1, 0.15) is 4.90 Å². The Bertz CT molecular complexity index is 551. The van der Waals surface area contributed by atoms with Crippen molar-refractivity contribution in [1.29, 1.82) is 0 Å². The first-order valence-electron chi connectivity index (χ1n) is 5.65. The number of rotatable bonds is 6. The lowest BCUT2D eigenvalue weighted by molar-refractivity contribution is 0.279. The quantitative estimate of drug-likeness (QED) is 0.694. The Morgan fingerprint density at radius 1 is 1.53 bits per heavy atom. The van der Waals surface area contributed by atoms with E-state index in [1.165, 1.54) is 0 Å². The Kier molecular flexibility index (Phi) is 5.54. The molecule has 0 fully saturated rings. The van der Waals surface area contributed by atoms with E-state index < -0.39 is 26.8 Å². The smallest absolute Gasteiger partial charge is 0.243 e. The number of aliphatic hydroxyl groups is 1. The fourth-order valence-electron chi connectivity index (χ4n) is 1.56. The second-order valence-corrected chi connectivity index (χ2v) is 6.29. The van der Waals surface area contributed by atoms with Gasteiger partial charge in [-0.2, -0.15) is 0 Å². The van der Waals surface area contributed by atoms with Crippen LogP contribution in [0.3, 0.4) is 0 Å². The standard InChI is InChI=1S/C11H16ClFN2O3S/c1-7(3-2-4-16)15-19(17,18)10-6-8(14)5-9(12)11(10)13/h5-7,15-16H,2-4,14H2,1H3. The van der Waals surface area contributed by atoms with Crippen molar-refractivity contribution in [3.8, 4) is 0 Å². The highest BCUT2D eigenvalue weighted by atomic mass is 35.5. The summed E-state index contributed by atoms with van der Waals surface area (Å²) in [5.74, 6) is -1.03. The van der Waals surface area contributed by atoms with E-state index in [1.54, 1.807) is 6.92 Å². The van der Waals surface area contributed by atoms with Crippen molar-refractivity contribution in [2.75, 3.05) is 12.3 Å². The first-order chi connectivity index (χ1) is 8.77. The lowest BCUT2D eigenvalue weighted by Gasteiger charge is -2.14. The number of sulfonamides is 1. The average molecular weight is 311 g/mol. The normalized spacial score (nSPS) is 13.5. The maximum absolute atomic E-state index is 13.7. The summed E-state index contributed by atoms with van der Waals surface area (Å²) < 4.78 is 40.0. The second kappa shape index (κ2) is 6.51. The summed E-state index contributed by atoms with van der Waals surface area (Å²) in [5.41, 5.74) is 5.52. The molecule has 0 saturated carbocycles. The molecule has 0 bridgehead atoms. The van der Waals surface area contributed by atoms with Crippen LogP contribution >= 0.6 is 11.6 Å². The molecule has 0 aliphatic carbocycles. The number of hydrogen-bond donors (Lipinski definition) is 3. The van der Waals surface area contributed by atoms with Gasteiger partial charge in [0.15, 0.2) is 5.82 Å². The van der Waals surface area contributed by atoms with E-state index in [-0.39, 0.29) is 17.3 Å². The molecule has 4 N–H and O–H groups in total. The molecule has 1 aromatic rings. The number of aliphatic hydroxyl groups excluding tert-OH is 1. The monoisotopic (exact) mass is 310 g/mol. The van der Waals surface area contributed by atoms with Crippen LogP contribution in [-0.2, 0) is 10.0 Å². The largest absolute Gasteiger partial charge is 0.399 e. The zero-order chi connectivity index (χ0) is 14.6. The molecule has 0 spiro atoms. The maximum atomic E-state index is 13.7. The molecule has 108 valence electrons. The van der Waals surface area contributed by atoms with Crippen LogP contribution in [-0.4, -0.2) is 26.2 Å². The highest BCUT2D eigenvalue weighted by Crippen LogP contribution is 2.25. The second-order valence-electron chi connectivity index (χ2n) is 4.20. The topological polar surface area (TPSA) is 92.4 Å². The molecule has 0 aromatic heterocycles. The summed E-state index contributed by atoms with van der Waals surface area (Å²) in [7, 11) is -4.04. The van der Waals surface area contributed by atoms with Crippen molar-refractivity contribution in [3.63, 3.8) is 0 Å². The third-order valence-electron chi connectivity index (χ3n) is 2.46. The number of anilines is 1. The lowest BCUT2D eigenvalue weighted by Crippen LogP contribution is -2.33. The molecule has 19 heavy (non-hydrogen) atoms. The minimum Gasteiger partial charge on any atom is -0.399 e. The van der Waals surface area contributed by atoms with Gasteiger partial charge in [-0.25, -0.2) is 17.5 Å².